The van der Waals surface area contributed by atoms with Gasteiger partial charge in [0.15, 0.2) is 17.0 Å². The number of hydrogen-bond donors (Lipinski definition) is 3. The molecule has 3 heterocycles. The van der Waals surface area contributed by atoms with Crippen molar-refractivity contribution in [2.75, 3.05) is 11.9 Å². The number of rotatable bonds is 6. The summed E-state index contributed by atoms with van der Waals surface area (Å²) in [6.07, 6.45) is 0.301. The van der Waals surface area contributed by atoms with E-state index in [2.05, 4.69) is 15.3 Å². The molecule has 0 amide bonds. The van der Waals surface area contributed by atoms with Crippen LogP contribution >= 0.6 is 0 Å². The van der Waals surface area contributed by atoms with Crippen LogP contribution in [0.2, 0.25) is 0 Å². The van der Waals surface area contributed by atoms with Gasteiger partial charge < -0.3 is 14.8 Å². The first-order valence-corrected chi connectivity index (χ1v) is 11.1. The molecular weight excluding hydrogens is 426 g/mol. The number of nitrogens with one attached hydrogen (secondary N) is 3. The van der Waals surface area contributed by atoms with Gasteiger partial charge in [0.25, 0.3) is 6.43 Å². The Hall–Kier alpha value is -3.43. The fraction of sp³-hybridized carbons (Fsp3) is 0.435. The van der Waals surface area contributed by atoms with Crippen LogP contribution in [0, 0.1) is 16.7 Å². The molecule has 1 unspecified atom stereocenters. The van der Waals surface area contributed by atoms with E-state index >= 15 is 0 Å². The first-order chi connectivity index (χ1) is 15.8. The van der Waals surface area contributed by atoms with Gasteiger partial charge in [0, 0.05) is 42.6 Å². The van der Waals surface area contributed by atoms with Gasteiger partial charge in [-0.1, -0.05) is 38.1 Å². The van der Waals surface area contributed by atoms with Crippen LogP contribution in [0.1, 0.15) is 45.6 Å². The van der Waals surface area contributed by atoms with Crippen LogP contribution in [0.4, 0.5) is 14.6 Å². The molecule has 1 aliphatic heterocycles. The van der Waals surface area contributed by atoms with Crippen molar-refractivity contribution in [3.8, 4) is 11.4 Å². The monoisotopic (exact) mass is 454 g/mol. The molecule has 174 valence electrons. The Morgan fingerprint density at radius 3 is 2.58 bits per heavy atom. The Morgan fingerprint density at radius 2 is 1.94 bits per heavy atom. The molecule has 4 rings (SSSR count). The molecule has 0 aliphatic carbocycles. The second-order valence-electron chi connectivity index (χ2n) is 8.47. The summed E-state index contributed by atoms with van der Waals surface area (Å²) < 4.78 is 27.9. The van der Waals surface area contributed by atoms with Gasteiger partial charge in [-0.15, -0.1) is 0 Å². The maximum Gasteiger partial charge on any atom is 0.263 e. The maximum absolute atomic E-state index is 13.0. The average molecular weight is 455 g/mol. The smallest absolute Gasteiger partial charge is 0.263 e. The van der Waals surface area contributed by atoms with Crippen molar-refractivity contribution in [3.05, 3.63) is 36.2 Å². The van der Waals surface area contributed by atoms with Crippen LogP contribution in [-0.2, 0) is 6.54 Å². The van der Waals surface area contributed by atoms with Gasteiger partial charge >= 0.3 is 0 Å². The number of halogens is 2. The zero-order valence-corrected chi connectivity index (χ0v) is 18.9. The Labute approximate surface area is 191 Å². The number of aryl methyl sites for hydroxylation is 1. The average Bonchev–Trinajstić information content (AvgIpc) is 3.19. The quantitative estimate of drug-likeness (QED) is 0.361. The second-order valence-corrected chi connectivity index (χ2v) is 8.47. The molecule has 1 atom stereocenters. The molecule has 8 nitrogen and oxygen atoms in total. The summed E-state index contributed by atoms with van der Waals surface area (Å²) in [5.41, 5.74) is 1.98. The molecule has 0 radical (unpaired) electrons. The van der Waals surface area contributed by atoms with Crippen molar-refractivity contribution in [2.24, 2.45) is 5.92 Å². The number of alkyl halides is 2. The molecular formula is C23H28F2N8. The summed E-state index contributed by atoms with van der Waals surface area (Å²) >= 11 is 0. The Kier molecular flexibility index (Phi) is 6.35. The van der Waals surface area contributed by atoms with Crippen LogP contribution in [0.3, 0.4) is 0 Å². The summed E-state index contributed by atoms with van der Waals surface area (Å²) in [6, 6.07) is 6.13. The second kappa shape index (κ2) is 9.21. The number of likely N-dealkylation sites (tertiary alicyclic amines) is 1. The molecule has 0 bridgehead atoms. The van der Waals surface area contributed by atoms with Crippen LogP contribution in [0.25, 0.3) is 22.6 Å². The number of aromatic nitrogens is 4. The van der Waals surface area contributed by atoms with Crippen LogP contribution in [0.5, 0.6) is 0 Å². The van der Waals surface area contributed by atoms with Gasteiger partial charge in [0.1, 0.15) is 23.8 Å². The maximum atomic E-state index is 13.0. The lowest BCUT2D eigenvalue weighted by Crippen LogP contribution is -2.49. The standard InChI is InChI=1S/C23H28F2N8/c1-4-32-22(15-7-5-14(6-8-15)19(24)25)31-18-21(28-12-29-23(18)32)30-16-9-10-17(26)33(11-16)20(27)13(2)3/h5-8,12-13,16,19,26-27H,4,9-11H2,1-3H3,(H,28,29,30). The van der Waals surface area contributed by atoms with Gasteiger partial charge in [-0.05, 0) is 13.3 Å². The lowest BCUT2D eigenvalue weighted by Gasteiger charge is -2.36. The number of amidine groups is 2. The fourth-order valence-electron chi connectivity index (χ4n) is 4.07. The SMILES string of the molecule is CCn1c(-c2ccc(C(F)F)cc2)nc2c(NC3CCC(=N)N(C(=N)C(C)C)C3)ncnc21. The minimum Gasteiger partial charge on any atom is -0.364 e. The minimum atomic E-state index is -2.51. The van der Waals surface area contributed by atoms with Crippen molar-refractivity contribution < 1.29 is 8.78 Å². The van der Waals surface area contributed by atoms with E-state index in [4.69, 9.17) is 15.8 Å². The third kappa shape index (κ3) is 4.42. The summed E-state index contributed by atoms with van der Waals surface area (Å²) in [5, 5.41) is 20.0. The largest absolute Gasteiger partial charge is 0.364 e. The highest BCUT2D eigenvalue weighted by Gasteiger charge is 2.28. The molecule has 33 heavy (non-hydrogen) atoms. The lowest BCUT2D eigenvalue weighted by molar-refractivity contribution is 0.151. The molecule has 1 aliphatic rings. The number of fused-ring (bicyclic) bond motifs is 1. The normalized spacial score (nSPS) is 16.8. The Balaban J connectivity index is 1.65. The highest BCUT2D eigenvalue weighted by molar-refractivity contribution is 5.99. The Bertz CT molecular complexity index is 1170. The lowest BCUT2D eigenvalue weighted by atomic mass is 10.0. The van der Waals surface area contributed by atoms with E-state index in [1.54, 1.807) is 17.0 Å². The first-order valence-electron chi connectivity index (χ1n) is 11.1. The van der Waals surface area contributed by atoms with E-state index in [1.807, 2.05) is 25.3 Å². The van der Waals surface area contributed by atoms with Gasteiger partial charge in [-0.2, -0.15) is 0 Å². The third-order valence-corrected chi connectivity index (χ3v) is 5.91. The first kappa shape index (κ1) is 22.8. The zero-order chi connectivity index (χ0) is 23.7. The summed E-state index contributed by atoms with van der Waals surface area (Å²) in [5.74, 6) is 2.17. The molecule has 0 saturated carbocycles. The van der Waals surface area contributed by atoms with Crippen molar-refractivity contribution in [3.63, 3.8) is 0 Å². The van der Waals surface area contributed by atoms with Gasteiger partial charge in [-0.3, -0.25) is 10.8 Å². The Morgan fingerprint density at radius 1 is 1.21 bits per heavy atom. The van der Waals surface area contributed by atoms with E-state index in [0.29, 0.717) is 54.0 Å². The van der Waals surface area contributed by atoms with E-state index < -0.39 is 6.43 Å². The predicted octanol–water partition coefficient (Wildman–Crippen LogP) is 4.94. The minimum absolute atomic E-state index is 0.00291. The van der Waals surface area contributed by atoms with E-state index in [0.717, 1.165) is 12.0 Å². The van der Waals surface area contributed by atoms with Gasteiger partial charge in [0.2, 0.25) is 0 Å². The van der Waals surface area contributed by atoms with Crippen molar-refractivity contribution in [2.45, 2.75) is 52.6 Å². The van der Waals surface area contributed by atoms with E-state index in [9.17, 15) is 8.78 Å². The zero-order valence-electron chi connectivity index (χ0n) is 18.9. The summed E-state index contributed by atoms with van der Waals surface area (Å²) in [4.78, 5) is 15.4. The van der Waals surface area contributed by atoms with E-state index in [-0.39, 0.29) is 17.5 Å². The van der Waals surface area contributed by atoms with Gasteiger partial charge in [0.05, 0.1) is 0 Å². The number of hydrogen-bond acceptors (Lipinski definition) is 6. The van der Waals surface area contributed by atoms with Crippen molar-refractivity contribution in [1.29, 1.82) is 10.8 Å². The van der Waals surface area contributed by atoms with Crippen molar-refractivity contribution in [1.82, 2.24) is 24.4 Å². The third-order valence-electron chi connectivity index (χ3n) is 5.91. The number of imidazole rings is 1. The summed E-state index contributed by atoms with van der Waals surface area (Å²) in [7, 11) is 0. The molecule has 10 heteroatoms. The predicted molar refractivity (Wildman–Crippen MR) is 125 cm³/mol. The summed E-state index contributed by atoms with van der Waals surface area (Å²) in [6.45, 7) is 7.01. The molecule has 3 N–H and O–H groups in total. The van der Waals surface area contributed by atoms with Crippen LogP contribution < -0.4 is 5.32 Å². The molecule has 1 aromatic carbocycles. The number of piperidine rings is 1. The van der Waals surface area contributed by atoms with E-state index in [1.165, 1.54) is 18.5 Å². The fourth-order valence-corrected chi connectivity index (χ4v) is 4.07. The number of anilines is 1. The molecule has 1 saturated heterocycles. The topological polar surface area (TPSA) is 107 Å². The van der Waals surface area contributed by atoms with Gasteiger partial charge in [-0.25, -0.2) is 23.7 Å². The number of benzene rings is 1. The molecule has 3 aromatic rings. The van der Waals surface area contributed by atoms with Crippen LogP contribution in [-0.4, -0.2) is 48.7 Å². The highest BCUT2D eigenvalue weighted by Crippen LogP contribution is 2.29. The van der Waals surface area contributed by atoms with Crippen LogP contribution in [0.15, 0.2) is 30.6 Å². The molecule has 1 fully saturated rings. The molecule has 0 spiro atoms. The number of nitrogens with zero attached hydrogens (tertiary/aromatic N) is 5. The van der Waals surface area contributed by atoms with Crippen molar-refractivity contribution >= 4 is 28.7 Å². The molecule has 2 aromatic heterocycles. The highest BCUT2D eigenvalue weighted by atomic mass is 19.3.